The zero-order valence-corrected chi connectivity index (χ0v) is 10.9. The fourth-order valence-electron chi connectivity index (χ4n) is 2.20. The van der Waals surface area contributed by atoms with E-state index in [0.717, 1.165) is 49.9 Å². The lowest BCUT2D eigenvalue weighted by atomic mass is 10.2. The lowest BCUT2D eigenvalue weighted by Gasteiger charge is -2.17. The van der Waals surface area contributed by atoms with Gasteiger partial charge in [0, 0.05) is 31.4 Å². The largest absolute Gasteiger partial charge is 0.370 e. The quantitative estimate of drug-likeness (QED) is 0.849. The second kappa shape index (κ2) is 5.84. The summed E-state index contributed by atoms with van der Waals surface area (Å²) in [5.41, 5.74) is 1.15. The molecule has 1 N–H and O–H groups in total. The predicted molar refractivity (Wildman–Crippen MR) is 71.6 cm³/mol. The Morgan fingerprint density at radius 1 is 1.24 bits per heavy atom. The van der Waals surface area contributed by atoms with Crippen LogP contribution in [-0.2, 0) is 6.42 Å². The number of aromatic nitrogens is 2. The van der Waals surface area contributed by atoms with Crippen LogP contribution in [0.2, 0.25) is 0 Å². The highest BCUT2D eigenvalue weighted by Gasteiger charge is 2.16. The van der Waals surface area contributed by atoms with Crippen molar-refractivity contribution in [2.45, 2.75) is 39.5 Å². The Morgan fingerprint density at radius 3 is 2.65 bits per heavy atom. The molecule has 1 aromatic rings. The Hall–Kier alpha value is -1.32. The summed E-state index contributed by atoms with van der Waals surface area (Å²) in [6, 6.07) is 2.08. The van der Waals surface area contributed by atoms with E-state index >= 15 is 0 Å². The molecule has 17 heavy (non-hydrogen) atoms. The van der Waals surface area contributed by atoms with Gasteiger partial charge < -0.3 is 10.2 Å². The molecule has 0 unspecified atom stereocenters. The number of nitrogens with zero attached hydrogens (tertiary/aromatic N) is 3. The van der Waals surface area contributed by atoms with Crippen molar-refractivity contribution >= 4 is 11.8 Å². The maximum atomic E-state index is 4.66. The van der Waals surface area contributed by atoms with Crippen molar-refractivity contribution < 1.29 is 0 Å². The van der Waals surface area contributed by atoms with Crippen molar-refractivity contribution in [3.63, 3.8) is 0 Å². The Balaban J connectivity index is 2.22. The molecule has 1 aliphatic heterocycles. The highest BCUT2D eigenvalue weighted by atomic mass is 15.3. The molecule has 2 rings (SSSR count). The molecular weight excluding hydrogens is 212 g/mol. The lowest BCUT2D eigenvalue weighted by molar-refractivity contribution is 0.838. The molecule has 94 valence electrons. The van der Waals surface area contributed by atoms with E-state index in [1.807, 2.05) is 0 Å². The van der Waals surface area contributed by atoms with Gasteiger partial charge in [-0.15, -0.1) is 0 Å². The van der Waals surface area contributed by atoms with Gasteiger partial charge in [-0.25, -0.2) is 4.98 Å². The highest BCUT2D eigenvalue weighted by Crippen LogP contribution is 2.19. The molecule has 1 aromatic heterocycles. The van der Waals surface area contributed by atoms with E-state index in [2.05, 4.69) is 40.1 Å². The van der Waals surface area contributed by atoms with E-state index in [-0.39, 0.29) is 0 Å². The standard InChI is InChI=1S/C13H22N4/c1-3-7-11-10-12(14-4-2)16-13(15-11)17-8-5-6-9-17/h10H,3-9H2,1-2H3,(H,14,15,16). The third kappa shape index (κ3) is 3.08. The molecule has 0 bridgehead atoms. The van der Waals surface area contributed by atoms with Crippen LogP contribution in [0.4, 0.5) is 11.8 Å². The SMILES string of the molecule is CCCc1cc(NCC)nc(N2CCCC2)n1. The van der Waals surface area contributed by atoms with E-state index in [4.69, 9.17) is 0 Å². The lowest BCUT2D eigenvalue weighted by Crippen LogP contribution is -2.21. The normalized spacial score (nSPS) is 15.3. The molecular formula is C13H22N4. The summed E-state index contributed by atoms with van der Waals surface area (Å²) in [5, 5.41) is 3.29. The number of rotatable bonds is 5. The van der Waals surface area contributed by atoms with Gasteiger partial charge in [-0.3, -0.25) is 0 Å². The minimum Gasteiger partial charge on any atom is -0.370 e. The molecule has 1 aliphatic rings. The summed E-state index contributed by atoms with van der Waals surface area (Å²) in [5.74, 6) is 1.87. The molecule has 0 aromatic carbocycles. The van der Waals surface area contributed by atoms with Crippen LogP contribution >= 0.6 is 0 Å². The first-order valence-electron chi connectivity index (χ1n) is 6.70. The van der Waals surface area contributed by atoms with E-state index in [9.17, 15) is 0 Å². The van der Waals surface area contributed by atoms with Gasteiger partial charge in [0.05, 0.1) is 0 Å². The number of aryl methyl sites for hydroxylation is 1. The van der Waals surface area contributed by atoms with Crippen molar-refractivity contribution in [2.24, 2.45) is 0 Å². The van der Waals surface area contributed by atoms with Crippen LogP contribution in [0.25, 0.3) is 0 Å². The zero-order chi connectivity index (χ0) is 12.1. The molecule has 0 radical (unpaired) electrons. The minimum atomic E-state index is 0.905. The van der Waals surface area contributed by atoms with E-state index in [1.54, 1.807) is 0 Å². The molecule has 2 heterocycles. The Kier molecular flexibility index (Phi) is 4.18. The van der Waals surface area contributed by atoms with Gasteiger partial charge in [-0.05, 0) is 26.2 Å². The number of nitrogens with one attached hydrogen (secondary N) is 1. The smallest absolute Gasteiger partial charge is 0.227 e. The van der Waals surface area contributed by atoms with Crippen molar-refractivity contribution in [3.05, 3.63) is 11.8 Å². The van der Waals surface area contributed by atoms with Crippen molar-refractivity contribution in [3.8, 4) is 0 Å². The average Bonchev–Trinajstić information content (AvgIpc) is 2.83. The molecule has 0 atom stereocenters. The maximum absolute atomic E-state index is 4.66. The van der Waals surface area contributed by atoms with Gasteiger partial charge in [0.2, 0.25) is 5.95 Å². The van der Waals surface area contributed by atoms with Gasteiger partial charge in [0.15, 0.2) is 0 Å². The number of hydrogen-bond acceptors (Lipinski definition) is 4. The van der Waals surface area contributed by atoms with Gasteiger partial charge >= 0.3 is 0 Å². The molecule has 1 saturated heterocycles. The Morgan fingerprint density at radius 2 is 2.00 bits per heavy atom. The second-order valence-corrected chi connectivity index (χ2v) is 4.52. The van der Waals surface area contributed by atoms with Crippen LogP contribution in [0, 0.1) is 0 Å². The minimum absolute atomic E-state index is 0.905. The molecule has 0 amide bonds. The monoisotopic (exact) mass is 234 g/mol. The van der Waals surface area contributed by atoms with Gasteiger partial charge in [-0.1, -0.05) is 13.3 Å². The summed E-state index contributed by atoms with van der Waals surface area (Å²) in [4.78, 5) is 11.5. The summed E-state index contributed by atoms with van der Waals surface area (Å²) in [7, 11) is 0. The fraction of sp³-hybridized carbons (Fsp3) is 0.692. The summed E-state index contributed by atoms with van der Waals surface area (Å²) < 4.78 is 0. The van der Waals surface area contributed by atoms with Crippen LogP contribution < -0.4 is 10.2 Å². The third-order valence-electron chi connectivity index (χ3n) is 3.02. The van der Waals surface area contributed by atoms with Crippen LogP contribution in [0.3, 0.4) is 0 Å². The van der Waals surface area contributed by atoms with Gasteiger partial charge in [-0.2, -0.15) is 4.98 Å². The van der Waals surface area contributed by atoms with E-state index in [0.29, 0.717) is 0 Å². The number of anilines is 2. The molecule has 0 saturated carbocycles. The molecule has 0 aliphatic carbocycles. The highest BCUT2D eigenvalue weighted by molar-refractivity contribution is 5.44. The first-order valence-corrected chi connectivity index (χ1v) is 6.70. The van der Waals surface area contributed by atoms with Gasteiger partial charge in [0.1, 0.15) is 5.82 Å². The summed E-state index contributed by atoms with van der Waals surface area (Å²) in [6.07, 6.45) is 4.68. The average molecular weight is 234 g/mol. The van der Waals surface area contributed by atoms with Crippen molar-refractivity contribution in [1.29, 1.82) is 0 Å². The van der Waals surface area contributed by atoms with E-state index in [1.165, 1.54) is 12.8 Å². The van der Waals surface area contributed by atoms with Crippen molar-refractivity contribution in [1.82, 2.24) is 9.97 Å². The van der Waals surface area contributed by atoms with Crippen LogP contribution in [0.5, 0.6) is 0 Å². The zero-order valence-electron chi connectivity index (χ0n) is 10.9. The molecule has 4 heteroatoms. The summed E-state index contributed by atoms with van der Waals surface area (Å²) >= 11 is 0. The number of hydrogen-bond donors (Lipinski definition) is 1. The predicted octanol–water partition coefficient (Wildman–Crippen LogP) is 2.46. The van der Waals surface area contributed by atoms with Crippen LogP contribution in [-0.4, -0.2) is 29.6 Å². The topological polar surface area (TPSA) is 41.1 Å². The molecule has 4 nitrogen and oxygen atoms in total. The van der Waals surface area contributed by atoms with Crippen molar-refractivity contribution in [2.75, 3.05) is 29.9 Å². The fourth-order valence-corrected chi connectivity index (χ4v) is 2.20. The molecule has 0 spiro atoms. The van der Waals surface area contributed by atoms with Crippen LogP contribution in [0.15, 0.2) is 6.07 Å². The second-order valence-electron chi connectivity index (χ2n) is 4.52. The first kappa shape index (κ1) is 12.1. The summed E-state index contributed by atoms with van der Waals surface area (Å²) in [6.45, 7) is 7.38. The van der Waals surface area contributed by atoms with Gasteiger partial charge in [0.25, 0.3) is 0 Å². The van der Waals surface area contributed by atoms with Crippen LogP contribution in [0.1, 0.15) is 38.8 Å². The first-order chi connectivity index (χ1) is 8.33. The Labute approximate surface area is 103 Å². The van der Waals surface area contributed by atoms with E-state index < -0.39 is 0 Å². The third-order valence-corrected chi connectivity index (χ3v) is 3.02. The molecule has 1 fully saturated rings. The maximum Gasteiger partial charge on any atom is 0.227 e. The Bertz CT molecular complexity index is 334.